The Balaban J connectivity index is 1.80. The topological polar surface area (TPSA) is 63.2 Å². The number of Topliss-reactive ketones (excluding diaryl/α,β-unsaturated/α-hetero) is 1. The van der Waals surface area contributed by atoms with E-state index < -0.39 is 10.0 Å². The highest BCUT2D eigenvalue weighted by molar-refractivity contribution is 7.92. The largest absolute Gasteiger partial charge is 0.295 e. The number of ketones is 1. The van der Waals surface area contributed by atoms with Gasteiger partial charge in [0.1, 0.15) is 0 Å². The van der Waals surface area contributed by atoms with Crippen LogP contribution < -0.4 is 4.72 Å². The monoisotopic (exact) mass is 365 g/mol. The highest BCUT2D eigenvalue weighted by atomic mass is 32.2. The standard InChI is InChI=1S/C21H19NO3S/c1-15-3-5-18(6-4-15)19-9-13-21(14-10-19)26(24,25)22-20-11-7-17(8-12-20)16(2)23/h3-14,22H,1-2H3. The first-order chi connectivity index (χ1) is 12.3. The molecule has 1 N–H and O–H groups in total. The molecule has 0 amide bonds. The summed E-state index contributed by atoms with van der Waals surface area (Å²) in [5.74, 6) is -0.0638. The van der Waals surface area contributed by atoms with Gasteiger partial charge in [0, 0.05) is 11.3 Å². The normalized spacial score (nSPS) is 11.2. The molecule has 0 aromatic heterocycles. The zero-order valence-corrected chi connectivity index (χ0v) is 15.4. The number of hydrogen-bond donors (Lipinski definition) is 1. The van der Waals surface area contributed by atoms with Crippen LogP contribution in [0.2, 0.25) is 0 Å². The molecule has 0 saturated carbocycles. The molecule has 0 spiro atoms. The molecule has 0 radical (unpaired) electrons. The van der Waals surface area contributed by atoms with E-state index >= 15 is 0 Å². The molecular weight excluding hydrogens is 346 g/mol. The molecule has 3 aromatic rings. The molecule has 0 aliphatic rings. The number of benzene rings is 3. The summed E-state index contributed by atoms with van der Waals surface area (Å²) in [5, 5.41) is 0. The van der Waals surface area contributed by atoms with Crippen molar-refractivity contribution < 1.29 is 13.2 Å². The average molecular weight is 365 g/mol. The highest BCUT2D eigenvalue weighted by Crippen LogP contribution is 2.23. The highest BCUT2D eigenvalue weighted by Gasteiger charge is 2.14. The SMILES string of the molecule is CC(=O)c1ccc(NS(=O)(=O)c2ccc(-c3ccc(C)cc3)cc2)cc1. The van der Waals surface area contributed by atoms with E-state index in [9.17, 15) is 13.2 Å². The van der Waals surface area contributed by atoms with E-state index in [-0.39, 0.29) is 10.7 Å². The number of aryl methyl sites for hydroxylation is 1. The molecule has 0 saturated heterocycles. The smallest absolute Gasteiger partial charge is 0.261 e. The second-order valence-corrected chi connectivity index (χ2v) is 7.81. The van der Waals surface area contributed by atoms with E-state index in [2.05, 4.69) is 4.72 Å². The average Bonchev–Trinajstić information content (AvgIpc) is 2.62. The van der Waals surface area contributed by atoms with E-state index in [1.807, 2.05) is 31.2 Å². The molecule has 132 valence electrons. The van der Waals surface area contributed by atoms with Crippen LogP contribution >= 0.6 is 0 Å². The van der Waals surface area contributed by atoms with Gasteiger partial charge in [-0.25, -0.2) is 8.42 Å². The molecule has 3 aromatic carbocycles. The summed E-state index contributed by atoms with van der Waals surface area (Å²) in [5.41, 5.74) is 4.11. The van der Waals surface area contributed by atoms with Crippen molar-refractivity contribution in [1.29, 1.82) is 0 Å². The van der Waals surface area contributed by atoms with Crippen molar-refractivity contribution in [2.75, 3.05) is 4.72 Å². The maximum atomic E-state index is 12.5. The number of sulfonamides is 1. The van der Waals surface area contributed by atoms with Crippen LogP contribution in [0.15, 0.2) is 77.7 Å². The van der Waals surface area contributed by atoms with Gasteiger partial charge in [0.05, 0.1) is 4.90 Å². The summed E-state index contributed by atoms with van der Waals surface area (Å²) in [6, 6.07) is 21.2. The van der Waals surface area contributed by atoms with E-state index in [0.29, 0.717) is 11.3 Å². The third kappa shape index (κ3) is 4.00. The predicted octanol–water partition coefficient (Wildman–Crippen LogP) is 4.67. The fourth-order valence-corrected chi connectivity index (χ4v) is 3.62. The molecular formula is C21H19NO3S. The number of nitrogens with one attached hydrogen (secondary N) is 1. The molecule has 0 unspecified atom stereocenters. The molecule has 0 aliphatic carbocycles. The maximum absolute atomic E-state index is 12.5. The van der Waals surface area contributed by atoms with Gasteiger partial charge in [0.2, 0.25) is 0 Å². The van der Waals surface area contributed by atoms with Crippen molar-refractivity contribution in [2.45, 2.75) is 18.7 Å². The molecule has 0 fully saturated rings. The Kier molecular flexibility index (Phi) is 4.91. The first kappa shape index (κ1) is 17.9. The number of carbonyl (C=O) groups excluding carboxylic acids is 1. The van der Waals surface area contributed by atoms with E-state index in [1.165, 1.54) is 12.5 Å². The third-order valence-corrected chi connectivity index (χ3v) is 5.49. The van der Waals surface area contributed by atoms with Crippen LogP contribution in [-0.2, 0) is 10.0 Å². The first-order valence-electron chi connectivity index (χ1n) is 8.16. The van der Waals surface area contributed by atoms with Crippen LogP contribution in [0.3, 0.4) is 0 Å². The maximum Gasteiger partial charge on any atom is 0.261 e. The summed E-state index contributed by atoms with van der Waals surface area (Å²) in [7, 11) is -3.69. The Morgan fingerprint density at radius 2 is 1.27 bits per heavy atom. The lowest BCUT2D eigenvalue weighted by molar-refractivity contribution is 0.101. The molecule has 0 heterocycles. The number of hydrogen-bond acceptors (Lipinski definition) is 3. The van der Waals surface area contributed by atoms with Crippen LogP contribution in [0.4, 0.5) is 5.69 Å². The van der Waals surface area contributed by atoms with Gasteiger partial charge < -0.3 is 0 Å². The summed E-state index contributed by atoms with van der Waals surface area (Å²) in [4.78, 5) is 11.5. The Morgan fingerprint density at radius 3 is 1.77 bits per heavy atom. The lowest BCUT2D eigenvalue weighted by Gasteiger charge is -2.09. The van der Waals surface area contributed by atoms with Crippen molar-refractivity contribution in [1.82, 2.24) is 0 Å². The van der Waals surface area contributed by atoms with Crippen LogP contribution in [-0.4, -0.2) is 14.2 Å². The van der Waals surface area contributed by atoms with Crippen LogP contribution in [0.25, 0.3) is 11.1 Å². The van der Waals surface area contributed by atoms with Crippen molar-refractivity contribution in [3.05, 3.63) is 83.9 Å². The fraction of sp³-hybridized carbons (Fsp3) is 0.0952. The summed E-state index contributed by atoms with van der Waals surface area (Å²) < 4.78 is 27.6. The van der Waals surface area contributed by atoms with Crippen molar-refractivity contribution in [3.63, 3.8) is 0 Å². The molecule has 26 heavy (non-hydrogen) atoms. The Bertz CT molecular complexity index is 1020. The van der Waals surface area contributed by atoms with E-state index in [4.69, 9.17) is 0 Å². The minimum atomic E-state index is -3.69. The quantitative estimate of drug-likeness (QED) is 0.669. The van der Waals surface area contributed by atoms with Gasteiger partial charge in [-0.1, -0.05) is 42.0 Å². The second kappa shape index (κ2) is 7.14. The number of carbonyl (C=O) groups is 1. The zero-order valence-electron chi connectivity index (χ0n) is 14.6. The molecule has 0 bridgehead atoms. The van der Waals surface area contributed by atoms with Crippen LogP contribution in [0.1, 0.15) is 22.8 Å². The second-order valence-electron chi connectivity index (χ2n) is 6.13. The zero-order chi connectivity index (χ0) is 18.7. The van der Waals surface area contributed by atoms with Crippen molar-refractivity contribution in [2.24, 2.45) is 0 Å². The minimum absolute atomic E-state index is 0.0638. The van der Waals surface area contributed by atoms with Gasteiger partial charge >= 0.3 is 0 Å². The van der Waals surface area contributed by atoms with Crippen LogP contribution in [0.5, 0.6) is 0 Å². The lowest BCUT2D eigenvalue weighted by Crippen LogP contribution is -2.12. The van der Waals surface area contributed by atoms with Gasteiger partial charge in [-0.2, -0.15) is 0 Å². The Hall–Kier alpha value is -2.92. The molecule has 4 nitrogen and oxygen atoms in total. The Morgan fingerprint density at radius 1 is 0.769 bits per heavy atom. The van der Waals surface area contributed by atoms with Crippen molar-refractivity contribution in [3.8, 4) is 11.1 Å². The van der Waals surface area contributed by atoms with Crippen molar-refractivity contribution >= 4 is 21.5 Å². The van der Waals surface area contributed by atoms with Gasteiger partial charge in [-0.05, 0) is 61.4 Å². The molecule has 3 rings (SSSR count). The molecule has 0 atom stereocenters. The number of rotatable bonds is 5. The Labute approximate surface area is 153 Å². The summed E-state index contributed by atoms with van der Waals surface area (Å²) in [6.07, 6.45) is 0. The van der Waals surface area contributed by atoms with Crippen LogP contribution in [0, 0.1) is 6.92 Å². The molecule has 0 aliphatic heterocycles. The van der Waals surface area contributed by atoms with Gasteiger partial charge in [-0.15, -0.1) is 0 Å². The minimum Gasteiger partial charge on any atom is -0.295 e. The van der Waals surface area contributed by atoms with Gasteiger partial charge in [0.15, 0.2) is 5.78 Å². The lowest BCUT2D eigenvalue weighted by atomic mass is 10.0. The molecule has 5 heteroatoms. The summed E-state index contributed by atoms with van der Waals surface area (Å²) >= 11 is 0. The van der Waals surface area contributed by atoms with E-state index in [1.54, 1.807) is 48.5 Å². The summed E-state index contributed by atoms with van der Waals surface area (Å²) in [6.45, 7) is 3.49. The fourth-order valence-electron chi connectivity index (χ4n) is 2.56. The third-order valence-electron chi connectivity index (χ3n) is 4.09. The number of anilines is 1. The van der Waals surface area contributed by atoms with Gasteiger partial charge in [-0.3, -0.25) is 9.52 Å². The van der Waals surface area contributed by atoms with E-state index in [0.717, 1.165) is 11.1 Å². The van der Waals surface area contributed by atoms with Gasteiger partial charge in [0.25, 0.3) is 10.0 Å². The predicted molar refractivity (Wildman–Crippen MR) is 104 cm³/mol. The first-order valence-corrected chi connectivity index (χ1v) is 9.64.